The van der Waals surface area contributed by atoms with E-state index < -0.39 is 25.6 Å². The minimum Gasteiger partial charge on any atom is -0.658 e. The summed E-state index contributed by atoms with van der Waals surface area (Å²) in [5, 5.41) is 12.2. The van der Waals surface area contributed by atoms with Crippen molar-refractivity contribution in [2.24, 2.45) is 0 Å². The first-order valence-electron chi connectivity index (χ1n) is 12.1. The number of hydrogen-bond donors (Lipinski definition) is 0. The van der Waals surface area contributed by atoms with Crippen LogP contribution in [0.25, 0.3) is 16.0 Å². The maximum atomic E-state index is 12.1. The van der Waals surface area contributed by atoms with Crippen LogP contribution in [0.4, 0.5) is 26.3 Å². The van der Waals surface area contributed by atoms with Crippen molar-refractivity contribution in [3.63, 3.8) is 0 Å². The van der Waals surface area contributed by atoms with Gasteiger partial charge in [0.1, 0.15) is 0 Å². The van der Waals surface area contributed by atoms with Crippen LogP contribution < -0.4 is 5.19 Å². The van der Waals surface area contributed by atoms with Crippen molar-refractivity contribution in [2.75, 3.05) is 0 Å². The molecule has 3 nitrogen and oxygen atoms in total. The van der Waals surface area contributed by atoms with Crippen molar-refractivity contribution in [1.82, 2.24) is 0 Å². The van der Waals surface area contributed by atoms with Crippen molar-refractivity contribution in [3.05, 3.63) is 40.2 Å². The van der Waals surface area contributed by atoms with Gasteiger partial charge in [-0.2, -0.15) is 38.5 Å². The first-order valence-corrected chi connectivity index (χ1v) is 13.8. The summed E-state index contributed by atoms with van der Waals surface area (Å²) in [6.45, 7) is 25.2. The predicted molar refractivity (Wildman–Crippen MR) is 142 cm³/mol. The Labute approximate surface area is 236 Å². The maximum absolute atomic E-state index is 12.1. The zero-order chi connectivity index (χ0) is 28.6. The average Bonchev–Trinajstić information content (AvgIpc) is 3.02. The largest absolute Gasteiger partial charge is 4.00 e. The fraction of sp³-hybridized carbons (Fsp3) is 0.800. The number of alkyl halides is 6. The van der Waals surface area contributed by atoms with Crippen LogP contribution in [-0.2, 0) is 25.8 Å². The molecule has 0 fully saturated rings. The Balaban J connectivity index is -0.000000201. The Bertz CT molecular complexity index is 522. The molecular weight excluding hydrogens is 663 g/mol. The molecule has 0 bridgehead atoms. The molecule has 1 aromatic rings. The predicted octanol–water partition coefficient (Wildman–Crippen LogP) is 8.57. The van der Waals surface area contributed by atoms with Gasteiger partial charge in [-0.05, 0) is 0 Å². The molecule has 0 aliphatic carbocycles. The molecule has 0 saturated carbocycles. The van der Waals surface area contributed by atoms with Crippen LogP contribution in [0, 0.1) is 0 Å². The van der Waals surface area contributed by atoms with Crippen LogP contribution >= 0.6 is 0 Å². The van der Waals surface area contributed by atoms with Crippen molar-refractivity contribution < 1.29 is 52.2 Å². The van der Waals surface area contributed by atoms with E-state index >= 15 is 0 Å². The van der Waals surface area contributed by atoms with Gasteiger partial charge in [-0.1, -0.05) is 83.1 Å². The summed E-state index contributed by atoms with van der Waals surface area (Å²) in [4.78, 5) is 0. The minimum atomic E-state index is -5.16. The van der Waals surface area contributed by atoms with Gasteiger partial charge in [0.05, 0.1) is 0 Å². The first-order chi connectivity index (χ1) is 15.6. The molecule has 0 aliphatic heterocycles. The second-order valence-electron chi connectivity index (χ2n) is 9.74. The van der Waals surface area contributed by atoms with E-state index in [4.69, 9.17) is 0 Å². The molecule has 0 amide bonds. The number of halogens is 6. The Hall–Kier alpha value is -0.103. The topological polar surface area (TPSA) is 42.3 Å². The standard InChI is InChI=1S/C7H5F6Si.3C6H14N.Hf/c8-6(9,10)14(7(11,12)13)5-3-1-2-4-5;3*1-5(2)7-6(3)4;/h1-4,14H;3*5-6H,1-4H3;/q4*-1;+4. The van der Waals surface area contributed by atoms with Crippen LogP contribution in [0.1, 0.15) is 83.1 Å². The van der Waals surface area contributed by atoms with Gasteiger partial charge in [0.15, 0.2) is 0 Å². The molecule has 0 aliphatic rings. The van der Waals surface area contributed by atoms with Gasteiger partial charge < -0.3 is 16.0 Å². The Morgan fingerprint density at radius 2 is 0.694 bits per heavy atom. The van der Waals surface area contributed by atoms with Gasteiger partial charge >= 0.3 is 37.4 Å². The third-order valence-electron chi connectivity index (χ3n) is 3.47. The molecule has 1 aromatic carbocycles. The Kier molecular flexibility index (Phi) is 26.0. The molecule has 0 heterocycles. The van der Waals surface area contributed by atoms with Gasteiger partial charge in [0, 0.05) is 0 Å². The number of hydrogen-bond acceptors (Lipinski definition) is 0. The van der Waals surface area contributed by atoms with Crippen molar-refractivity contribution in [3.8, 4) is 0 Å². The number of rotatable bonds is 7. The van der Waals surface area contributed by atoms with E-state index in [0.717, 1.165) is 12.1 Å². The summed E-state index contributed by atoms with van der Waals surface area (Å²) in [6, 6.07) is 7.09. The molecule has 11 heteroatoms. The zero-order valence-electron chi connectivity index (χ0n) is 24.0. The van der Waals surface area contributed by atoms with E-state index in [1.807, 2.05) is 0 Å². The SMILES string of the molecule is CC(C)[N-]C(C)C.CC(C)[N-]C(C)C.CC(C)[N-]C(C)C.FC(F)(F)[SiH]([c-]1cccc1)C(F)(F)F.[Hf+4]. The van der Waals surface area contributed by atoms with Gasteiger partial charge in [0.25, 0.3) is 8.80 Å². The van der Waals surface area contributed by atoms with Gasteiger partial charge in [-0.3, -0.25) is 0 Å². The van der Waals surface area contributed by atoms with Crippen molar-refractivity contribution in [2.45, 2.75) is 131 Å². The normalized spacial score (nSPS) is 11.8. The first kappa shape index (κ1) is 43.0. The summed E-state index contributed by atoms with van der Waals surface area (Å²) < 4.78 is 72.7. The van der Waals surface area contributed by atoms with Crippen molar-refractivity contribution in [1.29, 1.82) is 0 Å². The van der Waals surface area contributed by atoms with E-state index in [0.29, 0.717) is 36.3 Å². The molecule has 0 aromatic heterocycles. The second-order valence-corrected chi connectivity index (χ2v) is 12.6. The molecule has 0 radical (unpaired) electrons. The summed E-state index contributed by atoms with van der Waals surface area (Å²) in [5.74, 6) is -10.3. The van der Waals surface area contributed by atoms with E-state index in [9.17, 15) is 26.3 Å². The molecule has 0 saturated heterocycles. The minimum absolute atomic E-state index is 0. The molecule has 1 rings (SSSR count). The monoisotopic (exact) mass is 711 g/mol. The molecule has 0 unspecified atom stereocenters. The van der Waals surface area contributed by atoms with E-state index in [1.54, 1.807) is 0 Å². The smallest absolute Gasteiger partial charge is 0.658 e. The molecular formula is C25H47F6HfN3Si. The summed E-state index contributed by atoms with van der Waals surface area (Å²) in [5.41, 5.74) is 0. The zero-order valence-corrected chi connectivity index (χ0v) is 28.7. The van der Waals surface area contributed by atoms with Crippen LogP contribution in [0.5, 0.6) is 0 Å². The molecule has 0 spiro atoms. The van der Waals surface area contributed by atoms with Crippen LogP contribution in [-0.4, -0.2) is 56.6 Å². The van der Waals surface area contributed by atoms with Crippen LogP contribution in [0.15, 0.2) is 24.3 Å². The van der Waals surface area contributed by atoms with Gasteiger partial charge in [0.2, 0.25) is 0 Å². The van der Waals surface area contributed by atoms with Crippen LogP contribution in [0.2, 0.25) is 0 Å². The molecule has 36 heavy (non-hydrogen) atoms. The second kappa shape index (κ2) is 21.8. The molecule has 0 atom stereocenters. The maximum Gasteiger partial charge on any atom is 4.00 e. The third-order valence-corrected chi connectivity index (χ3v) is 5.83. The third kappa shape index (κ3) is 30.1. The van der Waals surface area contributed by atoms with Crippen LogP contribution in [0.3, 0.4) is 0 Å². The summed E-state index contributed by atoms with van der Waals surface area (Å²) in [7, 11) is -4.92. The van der Waals surface area contributed by atoms with E-state index in [1.165, 1.54) is 12.1 Å². The fourth-order valence-corrected chi connectivity index (χ4v) is 4.67. The van der Waals surface area contributed by atoms with Gasteiger partial charge in [-0.25, -0.2) is 12.1 Å². The fourth-order valence-electron chi connectivity index (χ4n) is 2.93. The summed E-state index contributed by atoms with van der Waals surface area (Å²) >= 11 is 0. The number of nitrogens with zero attached hydrogens (tertiary/aromatic N) is 3. The molecule has 212 valence electrons. The Morgan fingerprint density at radius 3 is 0.806 bits per heavy atom. The van der Waals surface area contributed by atoms with E-state index in [-0.39, 0.29) is 25.8 Å². The molecule has 0 N–H and O–H groups in total. The van der Waals surface area contributed by atoms with E-state index in [2.05, 4.69) is 99.0 Å². The summed E-state index contributed by atoms with van der Waals surface area (Å²) in [6.07, 6.45) is 0. The quantitative estimate of drug-likeness (QED) is 0.155. The van der Waals surface area contributed by atoms with Crippen molar-refractivity contribution >= 4 is 14.0 Å². The Morgan fingerprint density at radius 1 is 0.500 bits per heavy atom. The average molecular weight is 710 g/mol. The van der Waals surface area contributed by atoms with Gasteiger partial charge in [-0.15, -0.1) is 41.4 Å².